The lowest BCUT2D eigenvalue weighted by atomic mass is 9.86. The summed E-state index contributed by atoms with van der Waals surface area (Å²) in [6.07, 6.45) is 22.0. The fourth-order valence-electron chi connectivity index (χ4n) is 5.13. The Morgan fingerprint density at radius 2 is 1.05 bits per heavy atom. The summed E-state index contributed by atoms with van der Waals surface area (Å²) < 4.78 is 11.0. The Morgan fingerprint density at radius 3 is 1.47 bits per heavy atom. The van der Waals surface area contributed by atoms with Crippen molar-refractivity contribution in [2.75, 3.05) is 13.2 Å². The van der Waals surface area contributed by atoms with Crippen LogP contribution in [0.5, 0.6) is 0 Å². The molecule has 1 aromatic rings. The Labute approximate surface area is 234 Å². The summed E-state index contributed by atoms with van der Waals surface area (Å²) in [5.74, 6) is -0.644. The van der Waals surface area contributed by atoms with Gasteiger partial charge >= 0.3 is 11.9 Å². The van der Waals surface area contributed by atoms with Crippen molar-refractivity contribution in [3.8, 4) is 0 Å². The largest absolute Gasteiger partial charge is 0.462 e. The predicted molar refractivity (Wildman–Crippen MR) is 160 cm³/mol. The highest BCUT2D eigenvalue weighted by atomic mass is 16.5. The number of ether oxygens (including phenoxy) is 2. The van der Waals surface area contributed by atoms with Crippen molar-refractivity contribution in [2.45, 2.75) is 144 Å². The van der Waals surface area contributed by atoms with Gasteiger partial charge in [-0.2, -0.15) is 0 Å². The number of esters is 2. The molecule has 1 atom stereocenters. The van der Waals surface area contributed by atoms with Gasteiger partial charge in [0.2, 0.25) is 0 Å². The highest BCUT2D eigenvalue weighted by Crippen LogP contribution is 2.24. The van der Waals surface area contributed by atoms with Crippen molar-refractivity contribution in [3.05, 3.63) is 35.4 Å². The number of carbonyl (C=O) groups is 2. The third-order valence-corrected chi connectivity index (χ3v) is 7.06. The third kappa shape index (κ3) is 17.6. The molecular formula is C34H58O4. The van der Waals surface area contributed by atoms with E-state index in [1.807, 2.05) is 0 Å². The Balaban J connectivity index is 2.12. The second-order valence-corrected chi connectivity index (χ2v) is 12.5. The van der Waals surface area contributed by atoms with Gasteiger partial charge < -0.3 is 9.47 Å². The lowest BCUT2D eigenvalue weighted by Gasteiger charge is -2.23. The molecule has 0 fully saturated rings. The fraction of sp³-hybridized carbons (Fsp3) is 0.765. The molecule has 0 aliphatic carbocycles. The molecule has 1 aromatic carbocycles. The number of unbranched alkanes of at least 4 members (excludes halogenated alkanes) is 15. The summed E-state index contributed by atoms with van der Waals surface area (Å²) in [5.41, 5.74) is 0.755. The van der Waals surface area contributed by atoms with Crippen LogP contribution in [-0.4, -0.2) is 25.2 Å². The molecule has 0 aliphatic rings. The number of carbonyl (C=O) groups excluding carboxylic acids is 2. The standard InChI is InChI=1S/C34H58O4/c1-6-7-8-9-10-11-12-13-14-15-16-17-18-19-20-23-26-37-32(35)30-24-21-22-25-31(30)33(36)38-28-29(2)27-34(3,4)5/h21-22,24-25,29H,6-20,23,26-28H2,1-5H3. The van der Waals surface area contributed by atoms with E-state index < -0.39 is 11.9 Å². The average molecular weight is 531 g/mol. The number of rotatable bonds is 22. The summed E-state index contributed by atoms with van der Waals surface area (Å²) in [7, 11) is 0. The second kappa shape index (κ2) is 21.0. The van der Waals surface area contributed by atoms with Crippen LogP contribution in [-0.2, 0) is 9.47 Å². The normalized spacial score (nSPS) is 12.3. The zero-order chi connectivity index (χ0) is 28.1. The first-order valence-corrected chi connectivity index (χ1v) is 15.7. The quantitative estimate of drug-likeness (QED) is 0.110. The van der Waals surface area contributed by atoms with Gasteiger partial charge in [0.1, 0.15) is 0 Å². The Morgan fingerprint density at radius 1 is 0.658 bits per heavy atom. The van der Waals surface area contributed by atoms with Crippen molar-refractivity contribution in [2.24, 2.45) is 11.3 Å². The lowest BCUT2D eigenvalue weighted by Crippen LogP contribution is -2.19. The molecular weight excluding hydrogens is 472 g/mol. The predicted octanol–water partition coefficient (Wildman–Crippen LogP) is 10.3. The van der Waals surface area contributed by atoms with Gasteiger partial charge in [-0.25, -0.2) is 9.59 Å². The summed E-state index contributed by atoms with van der Waals surface area (Å²) in [6.45, 7) is 11.6. The van der Waals surface area contributed by atoms with E-state index in [0.717, 1.165) is 19.3 Å². The van der Waals surface area contributed by atoms with Crippen LogP contribution in [0.4, 0.5) is 0 Å². The monoisotopic (exact) mass is 530 g/mol. The van der Waals surface area contributed by atoms with E-state index in [9.17, 15) is 9.59 Å². The Hall–Kier alpha value is -1.84. The smallest absolute Gasteiger partial charge is 0.339 e. The molecule has 4 nitrogen and oxygen atoms in total. The van der Waals surface area contributed by atoms with Gasteiger partial charge in [-0.1, -0.05) is 143 Å². The van der Waals surface area contributed by atoms with Gasteiger partial charge in [-0.05, 0) is 36.3 Å². The number of hydrogen-bond donors (Lipinski definition) is 0. The van der Waals surface area contributed by atoms with Crippen LogP contribution in [0.2, 0.25) is 0 Å². The molecule has 218 valence electrons. The van der Waals surface area contributed by atoms with Gasteiger partial charge in [-0.15, -0.1) is 0 Å². The molecule has 0 saturated heterocycles. The molecule has 0 radical (unpaired) electrons. The van der Waals surface area contributed by atoms with Crippen molar-refractivity contribution in [1.82, 2.24) is 0 Å². The number of hydrogen-bond acceptors (Lipinski definition) is 4. The molecule has 4 heteroatoms. The molecule has 0 aromatic heterocycles. The molecule has 0 N–H and O–H groups in total. The van der Waals surface area contributed by atoms with Crippen LogP contribution in [0.1, 0.15) is 164 Å². The van der Waals surface area contributed by atoms with Gasteiger partial charge in [0.05, 0.1) is 24.3 Å². The summed E-state index contributed by atoms with van der Waals surface area (Å²) in [5, 5.41) is 0. The maximum Gasteiger partial charge on any atom is 0.339 e. The van der Waals surface area contributed by atoms with Gasteiger partial charge in [-0.3, -0.25) is 0 Å². The maximum absolute atomic E-state index is 12.6. The highest BCUT2D eigenvalue weighted by molar-refractivity contribution is 6.03. The summed E-state index contributed by atoms with van der Waals surface area (Å²) >= 11 is 0. The van der Waals surface area contributed by atoms with E-state index in [1.54, 1.807) is 24.3 Å². The third-order valence-electron chi connectivity index (χ3n) is 7.06. The molecule has 0 spiro atoms. The van der Waals surface area contributed by atoms with Crippen LogP contribution >= 0.6 is 0 Å². The minimum absolute atomic E-state index is 0.181. The first kappa shape index (κ1) is 34.2. The SMILES string of the molecule is CCCCCCCCCCCCCCCCCCOC(=O)c1ccccc1C(=O)OCC(C)CC(C)(C)C. The molecule has 0 aliphatic heterocycles. The van der Waals surface area contributed by atoms with Gasteiger partial charge in [0, 0.05) is 0 Å². The van der Waals surface area contributed by atoms with E-state index in [2.05, 4.69) is 34.6 Å². The molecule has 1 rings (SSSR count). The zero-order valence-corrected chi connectivity index (χ0v) is 25.5. The molecule has 38 heavy (non-hydrogen) atoms. The van der Waals surface area contributed by atoms with Crippen molar-refractivity contribution in [1.29, 1.82) is 0 Å². The van der Waals surface area contributed by atoms with E-state index in [0.29, 0.717) is 13.2 Å². The van der Waals surface area contributed by atoms with Crippen LogP contribution in [0.25, 0.3) is 0 Å². The maximum atomic E-state index is 12.6. The van der Waals surface area contributed by atoms with Crippen LogP contribution in [0, 0.1) is 11.3 Å². The summed E-state index contributed by atoms with van der Waals surface area (Å²) in [4.78, 5) is 25.3. The summed E-state index contributed by atoms with van der Waals surface area (Å²) in [6, 6.07) is 6.79. The number of benzene rings is 1. The van der Waals surface area contributed by atoms with E-state index >= 15 is 0 Å². The van der Waals surface area contributed by atoms with Gasteiger partial charge in [0.15, 0.2) is 0 Å². The van der Waals surface area contributed by atoms with Crippen LogP contribution < -0.4 is 0 Å². The molecule has 0 saturated carbocycles. The zero-order valence-electron chi connectivity index (χ0n) is 25.5. The minimum Gasteiger partial charge on any atom is -0.462 e. The van der Waals surface area contributed by atoms with Gasteiger partial charge in [0.25, 0.3) is 0 Å². The average Bonchev–Trinajstić information content (AvgIpc) is 2.88. The topological polar surface area (TPSA) is 52.6 Å². The molecule has 1 unspecified atom stereocenters. The first-order valence-electron chi connectivity index (χ1n) is 15.7. The van der Waals surface area contributed by atoms with Crippen molar-refractivity contribution in [3.63, 3.8) is 0 Å². The van der Waals surface area contributed by atoms with Crippen molar-refractivity contribution < 1.29 is 19.1 Å². The lowest BCUT2D eigenvalue weighted by molar-refractivity contribution is 0.0399. The van der Waals surface area contributed by atoms with Crippen molar-refractivity contribution >= 4 is 11.9 Å². The minimum atomic E-state index is -0.458. The van der Waals surface area contributed by atoms with Crippen LogP contribution in [0.3, 0.4) is 0 Å². The molecule has 0 heterocycles. The second-order valence-electron chi connectivity index (χ2n) is 12.5. The van der Waals surface area contributed by atoms with E-state index in [-0.39, 0.29) is 22.5 Å². The molecule has 0 bridgehead atoms. The fourth-order valence-corrected chi connectivity index (χ4v) is 5.13. The van der Waals surface area contributed by atoms with Crippen LogP contribution in [0.15, 0.2) is 24.3 Å². The first-order chi connectivity index (χ1) is 18.2. The van der Waals surface area contributed by atoms with E-state index in [4.69, 9.17) is 9.47 Å². The highest BCUT2D eigenvalue weighted by Gasteiger charge is 2.21. The van der Waals surface area contributed by atoms with E-state index in [1.165, 1.54) is 89.9 Å². The molecule has 0 amide bonds. The Bertz CT molecular complexity index is 749. The Kier molecular flexibility index (Phi) is 18.9.